The molecule has 0 spiro atoms. The van der Waals surface area contributed by atoms with E-state index in [-0.39, 0.29) is 48.4 Å². The molecule has 9 nitrogen and oxygen atoms in total. The van der Waals surface area contributed by atoms with Crippen LogP contribution in [-0.2, 0) is 13.9 Å². The first-order chi connectivity index (χ1) is 13.5. The molecule has 2 unspecified atom stereocenters. The Morgan fingerprint density at radius 2 is 1.30 bits per heavy atom. The first-order valence-electron chi connectivity index (χ1n) is 10.5. The van der Waals surface area contributed by atoms with E-state index in [1.807, 2.05) is 0 Å². The van der Waals surface area contributed by atoms with Gasteiger partial charge in [-0.25, -0.2) is 0 Å². The minimum Gasteiger partial charge on any atom is -0.776 e. The van der Waals surface area contributed by atoms with E-state index < -0.39 is 26.7 Å². The minimum absolute atomic E-state index is 0. The average molecular weight is 481 g/mol. The summed E-state index contributed by atoms with van der Waals surface area (Å²) in [6.45, 7) is 2.15. The van der Waals surface area contributed by atoms with Crippen LogP contribution in [-0.4, -0.2) is 37.3 Å². The first kappa shape index (κ1) is 32.9. The molecule has 0 rings (SSSR count). The molecule has 5 N–H and O–H groups in total. The van der Waals surface area contributed by atoms with Gasteiger partial charge in [-0.2, -0.15) is 0 Å². The third kappa shape index (κ3) is 14.0. The summed E-state index contributed by atoms with van der Waals surface area (Å²) in [7, 11) is -11.2. The zero-order valence-electron chi connectivity index (χ0n) is 18.4. The van der Waals surface area contributed by atoms with Crippen molar-refractivity contribution in [2.24, 2.45) is 0 Å². The smallest absolute Gasteiger partial charge is 0.776 e. The molecule has 0 saturated carbocycles. The van der Waals surface area contributed by atoms with Crippen molar-refractivity contribution in [2.45, 2.75) is 102 Å². The molecule has 12 heteroatoms. The number of aliphatic hydroxyl groups is 1. The van der Waals surface area contributed by atoms with Gasteiger partial charge in [0.05, 0.1) is 0 Å². The topological polar surface area (TPSA) is 167 Å². The van der Waals surface area contributed by atoms with E-state index in [9.17, 15) is 23.9 Å². The van der Waals surface area contributed by atoms with Gasteiger partial charge >= 0.3 is 37.2 Å². The van der Waals surface area contributed by atoms with E-state index in [2.05, 4.69) is 12.2 Å². The summed E-state index contributed by atoms with van der Waals surface area (Å²) in [6, 6.07) is 0. The SMILES string of the molecule is CCCCCCCCCCCCCC(=O)NCCCC(O)(P(=O)([O-])O)P(=O)(O)O.[Na+]. The Morgan fingerprint density at radius 3 is 1.70 bits per heavy atom. The Kier molecular flexibility index (Phi) is 18.9. The molecule has 0 aromatic carbocycles. The van der Waals surface area contributed by atoms with Crippen LogP contribution in [0, 0.1) is 0 Å². The molecular formula is C18H38NNaO8P2. The third-order valence-electron chi connectivity index (χ3n) is 4.94. The van der Waals surface area contributed by atoms with Gasteiger partial charge in [0.1, 0.15) is 0 Å². The largest absolute Gasteiger partial charge is 1.00 e. The molecule has 0 saturated heterocycles. The molecule has 0 radical (unpaired) electrons. The zero-order chi connectivity index (χ0) is 22.4. The fourth-order valence-corrected chi connectivity index (χ4v) is 5.25. The fraction of sp³-hybridized carbons (Fsp3) is 0.944. The summed E-state index contributed by atoms with van der Waals surface area (Å²) >= 11 is 0. The maximum atomic E-state index is 11.7. The van der Waals surface area contributed by atoms with Crippen LogP contribution in [0.2, 0.25) is 0 Å². The quantitative estimate of drug-likeness (QED) is 0.103. The Hall–Kier alpha value is 0.730. The van der Waals surface area contributed by atoms with Gasteiger partial charge in [0.25, 0.3) is 0 Å². The van der Waals surface area contributed by atoms with Crippen LogP contribution in [0.25, 0.3) is 0 Å². The van der Waals surface area contributed by atoms with Crippen LogP contribution in [0.5, 0.6) is 0 Å². The van der Waals surface area contributed by atoms with Crippen LogP contribution >= 0.6 is 15.2 Å². The van der Waals surface area contributed by atoms with Crippen molar-refractivity contribution in [3.05, 3.63) is 0 Å². The monoisotopic (exact) mass is 481 g/mol. The van der Waals surface area contributed by atoms with Crippen molar-refractivity contribution < 1.29 is 68.2 Å². The number of unbranched alkanes of at least 4 members (excludes halogenated alkanes) is 10. The molecule has 0 bridgehead atoms. The first-order valence-corrected chi connectivity index (χ1v) is 13.7. The van der Waals surface area contributed by atoms with E-state index in [1.165, 1.54) is 44.9 Å². The van der Waals surface area contributed by atoms with Crippen molar-refractivity contribution in [3.63, 3.8) is 0 Å². The van der Waals surface area contributed by atoms with E-state index >= 15 is 0 Å². The van der Waals surface area contributed by atoms with Gasteiger partial charge in [-0.15, -0.1) is 0 Å². The Morgan fingerprint density at radius 1 is 0.867 bits per heavy atom. The summed E-state index contributed by atoms with van der Waals surface area (Å²) < 4.78 is 22.3. The van der Waals surface area contributed by atoms with Crippen molar-refractivity contribution >= 4 is 21.1 Å². The van der Waals surface area contributed by atoms with Crippen LogP contribution < -0.4 is 39.8 Å². The number of carbonyl (C=O) groups is 1. The van der Waals surface area contributed by atoms with E-state index in [0.29, 0.717) is 6.42 Å². The fourth-order valence-electron chi connectivity index (χ4n) is 3.04. The van der Waals surface area contributed by atoms with E-state index in [0.717, 1.165) is 25.7 Å². The van der Waals surface area contributed by atoms with Crippen LogP contribution in [0.15, 0.2) is 0 Å². The molecule has 0 aromatic heterocycles. The Labute approximate surface area is 202 Å². The number of rotatable bonds is 18. The summed E-state index contributed by atoms with van der Waals surface area (Å²) in [5, 5.41) is 8.65. The average Bonchev–Trinajstić information content (AvgIpc) is 2.61. The molecule has 0 aliphatic heterocycles. The summed E-state index contributed by atoms with van der Waals surface area (Å²) in [6.07, 6.45) is 12.1. The molecule has 2 atom stereocenters. The van der Waals surface area contributed by atoms with Gasteiger partial charge in [0, 0.05) is 13.0 Å². The van der Waals surface area contributed by atoms with Crippen molar-refractivity contribution in [1.29, 1.82) is 0 Å². The molecule has 0 aromatic rings. The van der Waals surface area contributed by atoms with Crippen LogP contribution in [0.1, 0.15) is 96.8 Å². The summed E-state index contributed by atoms with van der Waals surface area (Å²) in [4.78, 5) is 49.7. The van der Waals surface area contributed by atoms with Gasteiger partial charge in [-0.3, -0.25) is 9.36 Å². The van der Waals surface area contributed by atoms with Gasteiger partial charge in [-0.05, 0) is 19.3 Å². The van der Waals surface area contributed by atoms with Gasteiger partial charge < -0.3 is 34.6 Å². The number of hydrogen-bond acceptors (Lipinski definition) is 5. The maximum Gasteiger partial charge on any atom is 1.00 e. The molecule has 0 aliphatic carbocycles. The number of carbonyl (C=O) groups excluding carboxylic acids is 1. The number of amides is 1. The summed E-state index contributed by atoms with van der Waals surface area (Å²) in [5.74, 6) is -0.241. The van der Waals surface area contributed by atoms with Crippen molar-refractivity contribution in [1.82, 2.24) is 5.32 Å². The number of hydrogen-bond donors (Lipinski definition) is 5. The normalized spacial score (nSPS) is 15.7. The van der Waals surface area contributed by atoms with Crippen molar-refractivity contribution in [3.8, 4) is 0 Å². The van der Waals surface area contributed by atoms with Crippen LogP contribution in [0.3, 0.4) is 0 Å². The second-order valence-electron chi connectivity index (χ2n) is 7.58. The van der Waals surface area contributed by atoms with Crippen molar-refractivity contribution in [2.75, 3.05) is 6.54 Å². The van der Waals surface area contributed by atoms with Gasteiger partial charge in [0.15, 0.2) is 7.60 Å². The van der Waals surface area contributed by atoms with Crippen LogP contribution in [0.4, 0.5) is 0 Å². The molecule has 0 aliphatic rings. The summed E-state index contributed by atoms with van der Waals surface area (Å²) in [5.41, 5.74) is 0. The van der Waals surface area contributed by atoms with E-state index in [1.54, 1.807) is 0 Å². The number of nitrogens with one attached hydrogen (secondary N) is 1. The Balaban J connectivity index is 0. The Bertz CT molecular complexity index is 530. The maximum absolute atomic E-state index is 11.7. The second-order valence-corrected chi connectivity index (χ2v) is 11.5. The molecular weight excluding hydrogens is 443 g/mol. The molecule has 0 heterocycles. The standard InChI is InChI=1S/C18H39NO8P2.Na/c1-2-3-4-5-6-7-8-9-10-11-12-14-17(20)19-16-13-15-18(21,28(22,23)24)29(25,26)27;/h21H,2-16H2,1H3,(H,19,20)(H2,22,23,24)(H2,25,26,27);/q;+1/p-1. The molecule has 174 valence electrons. The zero-order valence-corrected chi connectivity index (χ0v) is 22.2. The second kappa shape index (κ2) is 17.2. The van der Waals surface area contributed by atoms with Gasteiger partial charge in [0.2, 0.25) is 11.0 Å². The molecule has 1 amide bonds. The predicted octanol–water partition coefficient (Wildman–Crippen LogP) is -0.0426. The molecule has 0 fully saturated rings. The predicted molar refractivity (Wildman–Crippen MR) is 110 cm³/mol. The minimum atomic E-state index is -5.68. The molecule has 30 heavy (non-hydrogen) atoms. The third-order valence-corrected chi connectivity index (χ3v) is 8.76. The van der Waals surface area contributed by atoms with E-state index in [4.69, 9.17) is 14.7 Å². The van der Waals surface area contributed by atoms with Gasteiger partial charge in [-0.1, -0.05) is 71.1 Å².